The van der Waals surface area contributed by atoms with Crippen molar-refractivity contribution < 1.29 is 9.32 Å². The first-order valence-electron chi connectivity index (χ1n) is 7.57. The van der Waals surface area contributed by atoms with Gasteiger partial charge in [-0.1, -0.05) is 25.4 Å². The van der Waals surface area contributed by atoms with Gasteiger partial charge in [0, 0.05) is 12.3 Å². The number of hydrogen-bond donors (Lipinski definition) is 0. The number of hydrogen-bond acceptors (Lipinski definition) is 4. The summed E-state index contributed by atoms with van der Waals surface area (Å²) >= 11 is 0. The van der Waals surface area contributed by atoms with Crippen molar-refractivity contribution in [1.29, 1.82) is 0 Å². The van der Waals surface area contributed by atoms with Crippen molar-refractivity contribution in [2.75, 3.05) is 0 Å². The van der Waals surface area contributed by atoms with Crippen LogP contribution in [0.5, 0.6) is 0 Å². The smallest absolute Gasteiger partial charge is 0.234 e. The molecule has 0 unspecified atom stereocenters. The number of ketones is 1. The van der Waals surface area contributed by atoms with Gasteiger partial charge in [-0.05, 0) is 38.0 Å². The van der Waals surface area contributed by atoms with Crippen molar-refractivity contribution in [3.8, 4) is 0 Å². The van der Waals surface area contributed by atoms with E-state index in [1.165, 1.54) is 19.3 Å². The van der Waals surface area contributed by atoms with Crippen LogP contribution in [0.15, 0.2) is 4.52 Å². The molecular formula is C15H24N2O2. The van der Waals surface area contributed by atoms with Crippen LogP contribution in [0.2, 0.25) is 0 Å². The summed E-state index contributed by atoms with van der Waals surface area (Å²) in [6, 6.07) is 0. The van der Waals surface area contributed by atoms with E-state index in [-0.39, 0.29) is 5.78 Å². The Labute approximate surface area is 115 Å². The minimum absolute atomic E-state index is 0.187. The second kappa shape index (κ2) is 6.83. The van der Waals surface area contributed by atoms with Gasteiger partial charge in [0.15, 0.2) is 5.82 Å². The Balaban J connectivity index is 1.88. The Bertz CT molecular complexity index is 406. The molecule has 2 rings (SSSR count). The van der Waals surface area contributed by atoms with Gasteiger partial charge in [0.2, 0.25) is 5.89 Å². The molecular weight excluding hydrogens is 240 g/mol. The molecule has 1 saturated carbocycles. The van der Waals surface area contributed by atoms with Crippen LogP contribution in [0.3, 0.4) is 0 Å². The summed E-state index contributed by atoms with van der Waals surface area (Å²) < 4.78 is 5.21. The van der Waals surface area contributed by atoms with Crippen molar-refractivity contribution in [3.63, 3.8) is 0 Å². The first-order chi connectivity index (χ1) is 9.22. The van der Waals surface area contributed by atoms with Crippen LogP contribution in [-0.4, -0.2) is 15.9 Å². The Morgan fingerprint density at radius 2 is 2.00 bits per heavy atom. The van der Waals surface area contributed by atoms with Gasteiger partial charge in [0.05, 0.1) is 6.42 Å². The van der Waals surface area contributed by atoms with Crippen LogP contribution in [0.25, 0.3) is 0 Å². The summed E-state index contributed by atoms with van der Waals surface area (Å²) in [5, 5.41) is 4.07. The summed E-state index contributed by atoms with van der Waals surface area (Å²) in [6.45, 7) is 4.26. The monoisotopic (exact) mass is 264 g/mol. The van der Waals surface area contributed by atoms with E-state index >= 15 is 0 Å². The molecule has 0 saturated heterocycles. The maximum absolute atomic E-state index is 11.6. The van der Waals surface area contributed by atoms with Crippen LogP contribution < -0.4 is 0 Å². The quantitative estimate of drug-likeness (QED) is 0.786. The maximum atomic E-state index is 11.6. The number of Topliss-reactive ketones (excluding diaryl/α,β-unsaturated/α-hetero) is 1. The molecule has 0 N–H and O–H groups in total. The van der Waals surface area contributed by atoms with E-state index in [4.69, 9.17) is 4.52 Å². The van der Waals surface area contributed by atoms with Gasteiger partial charge in [0.1, 0.15) is 5.78 Å². The van der Waals surface area contributed by atoms with Crippen LogP contribution >= 0.6 is 0 Å². The predicted octanol–water partition coefficient (Wildman–Crippen LogP) is 3.67. The zero-order chi connectivity index (χ0) is 13.7. The number of rotatable bonds is 6. The lowest BCUT2D eigenvalue weighted by Crippen LogP contribution is -2.13. The third kappa shape index (κ3) is 3.88. The zero-order valence-corrected chi connectivity index (χ0v) is 12.0. The predicted molar refractivity (Wildman–Crippen MR) is 72.9 cm³/mol. The molecule has 4 nitrogen and oxygen atoms in total. The molecule has 1 aromatic heterocycles. The molecule has 19 heavy (non-hydrogen) atoms. The first-order valence-corrected chi connectivity index (χ1v) is 7.57. The fourth-order valence-electron chi connectivity index (χ4n) is 2.87. The molecule has 1 heterocycles. The Hall–Kier alpha value is -1.19. The summed E-state index contributed by atoms with van der Waals surface area (Å²) in [7, 11) is 0. The molecule has 4 heteroatoms. The van der Waals surface area contributed by atoms with Crippen molar-refractivity contribution in [1.82, 2.24) is 10.1 Å². The number of carbonyl (C=O) groups is 1. The van der Waals surface area contributed by atoms with Gasteiger partial charge in [-0.3, -0.25) is 4.79 Å². The van der Waals surface area contributed by atoms with Crippen molar-refractivity contribution in [2.45, 2.75) is 71.1 Å². The summed E-state index contributed by atoms with van der Waals surface area (Å²) in [5.41, 5.74) is 0. The van der Waals surface area contributed by atoms with Crippen LogP contribution in [-0.2, 0) is 11.2 Å². The van der Waals surface area contributed by atoms with Gasteiger partial charge in [0.25, 0.3) is 0 Å². The Kier molecular flexibility index (Phi) is 5.11. The van der Waals surface area contributed by atoms with Gasteiger partial charge >= 0.3 is 0 Å². The molecule has 0 amide bonds. The third-order valence-electron chi connectivity index (χ3n) is 4.15. The van der Waals surface area contributed by atoms with Crippen molar-refractivity contribution in [3.05, 3.63) is 11.7 Å². The minimum atomic E-state index is 0.187. The molecule has 0 aliphatic heterocycles. The Morgan fingerprint density at radius 1 is 1.26 bits per heavy atom. The van der Waals surface area contributed by atoms with E-state index in [1.807, 2.05) is 6.92 Å². The normalized spacial score (nSPS) is 23.5. The Morgan fingerprint density at radius 3 is 2.63 bits per heavy atom. The fraction of sp³-hybridized carbons (Fsp3) is 0.800. The minimum Gasteiger partial charge on any atom is -0.339 e. The summed E-state index contributed by atoms with van der Waals surface area (Å²) in [5.74, 6) is 2.79. The molecule has 1 aromatic rings. The van der Waals surface area contributed by atoms with Gasteiger partial charge in [-0.25, -0.2) is 0 Å². The lowest BCUT2D eigenvalue weighted by atomic mass is 9.80. The lowest BCUT2D eigenvalue weighted by molar-refractivity contribution is -0.118. The molecule has 0 radical (unpaired) electrons. The summed E-state index contributed by atoms with van der Waals surface area (Å²) in [6.07, 6.45) is 7.88. The van der Waals surface area contributed by atoms with Gasteiger partial charge in [-0.2, -0.15) is 4.98 Å². The third-order valence-corrected chi connectivity index (χ3v) is 4.15. The molecule has 1 fully saturated rings. The number of nitrogens with zero attached hydrogens (tertiary/aromatic N) is 2. The van der Waals surface area contributed by atoms with E-state index in [9.17, 15) is 4.79 Å². The SMILES string of the molecule is CCCC(=O)Cc1nc(C2CCC(CC)CC2)no1. The van der Waals surface area contributed by atoms with E-state index in [2.05, 4.69) is 17.1 Å². The maximum Gasteiger partial charge on any atom is 0.234 e. The molecule has 106 valence electrons. The highest BCUT2D eigenvalue weighted by Crippen LogP contribution is 2.35. The van der Waals surface area contributed by atoms with E-state index in [1.54, 1.807) is 0 Å². The van der Waals surface area contributed by atoms with E-state index < -0.39 is 0 Å². The first kappa shape index (κ1) is 14.2. The number of carbonyl (C=O) groups excluding carboxylic acids is 1. The molecule has 0 bridgehead atoms. The number of aromatic nitrogens is 2. The van der Waals surface area contributed by atoms with Gasteiger partial charge in [-0.15, -0.1) is 0 Å². The highest BCUT2D eigenvalue weighted by Gasteiger charge is 2.25. The lowest BCUT2D eigenvalue weighted by Gasteiger charge is -2.25. The van der Waals surface area contributed by atoms with Crippen LogP contribution in [0, 0.1) is 5.92 Å². The molecule has 1 aliphatic carbocycles. The second-order valence-electron chi connectivity index (χ2n) is 5.64. The fourth-order valence-corrected chi connectivity index (χ4v) is 2.87. The molecule has 0 atom stereocenters. The summed E-state index contributed by atoms with van der Waals surface area (Å²) in [4.78, 5) is 16.0. The average molecular weight is 264 g/mol. The topological polar surface area (TPSA) is 56.0 Å². The van der Waals surface area contributed by atoms with E-state index in [0.717, 1.165) is 31.0 Å². The highest BCUT2D eigenvalue weighted by molar-refractivity contribution is 5.79. The standard InChI is InChI=1S/C15H24N2O2/c1-3-5-13(18)10-14-16-15(17-19-14)12-8-6-11(4-2)7-9-12/h11-12H,3-10H2,1-2H3. The van der Waals surface area contributed by atoms with Crippen molar-refractivity contribution in [2.24, 2.45) is 5.92 Å². The average Bonchev–Trinajstić information content (AvgIpc) is 2.87. The van der Waals surface area contributed by atoms with Crippen molar-refractivity contribution >= 4 is 5.78 Å². The van der Waals surface area contributed by atoms with Gasteiger partial charge < -0.3 is 4.52 Å². The van der Waals surface area contributed by atoms with Crippen LogP contribution in [0.4, 0.5) is 0 Å². The highest BCUT2D eigenvalue weighted by atomic mass is 16.5. The molecule has 0 aromatic carbocycles. The van der Waals surface area contributed by atoms with Crippen LogP contribution in [0.1, 0.15) is 76.4 Å². The molecule has 1 aliphatic rings. The molecule has 0 spiro atoms. The zero-order valence-electron chi connectivity index (χ0n) is 12.0. The second-order valence-corrected chi connectivity index (χ2v) is 5.64. The largest absolute Gasteiger partial charge is 0.339 e. The van der Waals surface area contributed by atoms with E-state index in [0.29, 0.717) is 24.7 Å².